The molecule has 21 heavy (non-hydrogen) atoms. The van der Waals surface area contributed by atoms with Crippen LogP contribution in [0.5, 0.6) is 0 Å². The molecule has 106 valence electrons. The molecule has 0 N–H and O–H groups in total. The molecule has 1 fully saturated rings. The largest absolute Gasteiger partial charge is 0.509 e. The van der Waals surface area contributed by atoms with Crippen LogP contribution < -0.4 is 0 Å². The van der Waals surface area contributed by atoms with Gasteiger partial charge in [-0.3, -0.25) is 4.79 Å². The maximum absolute atomic E-state index is 13.0. The molecule has 1 heterocycles. The van der Waals surface area contributed by atoms with Crippen LogP contribution in [-0.2, 0) is 9.47 Å². The number of hydrogen-bond acceptors (Lipinski definition) is 4. The van der Waals surface area contributed by atoms with Crippen molar-refractivity contribution in [3.63, 3.8) is 0 Å². The molecule has 3 rings (SSSR count). The van der Waals surface area contributed by atoms with E-state index in [9.17, 15) is 14.0 Å². The number of halogens is 1. The Hall–Kier alpha value is -2.69. The van der Waals surface area contributed by atoms with Gasteiger partial charge in [0.15, 0.2) is 6.10 Å². The highest BCUT2D eigenvalue weighted by Crippen LogP contribution is 2.32. The van der Waals surface area contributed by atoms with E-state index in [1.54, 1.807) is 30.3 Å². The first-order valence-corrected chi connectivity index (χ1v) is 6.37. The van der Waals surface area contributed by atoms with Crippen LogP contribution in [0.25, 0.3) is 0 Å². The second-order valence-electron chi connectivity index (χ2n) is 4.61. The highest BCUT2D eigenvalue weighted by molar-refractivity contribution is 6.01. The van der Waals surface area contributed by atoms with Crippen molar-refractivity contribution in [1.29, 1.82) is 0 Å². The minimum Gasteiger partial charge on any atom is -0.422 e. The Kier molecular flexibility index (Phi) is 3.39. The summed E-state index contributed by atoms with van der Waals surface area (Å²) < 4.78 is 23.0. The van der Waals surface area contributed by atoms with Gasteiger partial charge in [0.05, 0.1) is 0 Å². The molecule has 0 aromatic heterocycles. The molecule has 0 radical (unpaired) electrons. The third-order valence-corrected chi connectivity index (χ3v) is 3.24. The van der Waals surface area contributed by atoms with Gasteiger partial charge in [-0.2, -0.15) is 0 Å². The predicted molar refractivity (Wildman–Crippen MR) is 71.3 cm³/mol. The SMILES string of the molecule is O=C1OC(C(=O)c2ccccc2)C(c2ccc(F)cc2)O1. The summed E-state index contributed by atoms with van der Waals surface area (Å²) in [5.74, 6) is -0.759. The summed E-state index contributed by atoms with van der Waals surface area (Å²) >= 11 is 0. The highest BCUT2D eigenvalue weighted by Gasteiger charge is 2.42. The summed E-state index contributed by atoms with van der Waals surface area (Å²) in [6.07, 6.45) is -2.84. The van der Waals surface area contributed by atoms with E-state index >= 15 is 0 Å². The molecule has 2 atom stereocenters. The van der Waals surface area contributed by atoms with Crippen LogP contribution in [0, 0.1) is 5.82 Å². The van der Waals surface area contributed by atoms with Gasteiger partial charge in [0.25, 0.3) is 0 Å². The van der Waals surface area contributed by atoms with Crippen LogP contribution in [0.2, 0.25) is 0 Å². The summed E-state index contributed by atoms with van der Waals surface area (Å²) in [4.78, 5) is 23.8. The Morgan fingerprint density at radius 2 is 1.62 bits per heavy atom. The fraction of sp³-hybridized carbons (Fsp3) is 0.125. The number of benzene rings is 2. The van der Waals surface area contributed by atoms with Gasteiger partial charge in [-0.15, -0.1) is 0 Å². The van der Waals surface area contributed by atoms with Gasteiger partial charge in [-0.05, 0) is 17.7 Å². The van der Waals surface area contributed by atoms with Crippen molar-refractivity contribution in [2.75, 3.05) is 0 Å². The maximum Gasteiger partial charge on any atom is 0.509 e. The van der Waals surface area contributed by atoms with Crippen molar-refractivity contribution in [2.45, 2.75) is 12.2 Å². The van der Waals surface area contributed by atoms with Crippen molar-refractivity contribution >= 4 is 11.9 Å². The third kappa shape index (κ3) is 2.63. The maximum atomic E-state index is 13.0. The average molecular weight is 286 g/mol. The lowest BCUT2D eigenvalue weighted by Crippen LogP contribution is -2.26. The Morgan fingerprint density at radius 3 is 2.29 bits per heavy atom. The zero-order valence-corrected chi connectivity index (χ0v) is 10.9. The standard InChI is InChI=1S/C16H11FO4/c17-12-8-6-11(7-9-12)14-15(21-16(19)20-14)13(18)10-4-2-1-3-5-10/h1-9,14-15H. The minimum atomic E-state index is -1.06. The monoisotopic (exact) mass is 286 g/mol. The highest BCUT2D eigenvalue weighted by atomic mass is 19.1. The van der Waals surface area contributed by atoms with Crippen LogP contribution in [0.1, 0.15) is 22.0 Å². The summed E-state index contributed by atoms with van der Waals surface area (Å²) in [6.45, 7) is 0. The van der Waals surface area contributed by atoms with E-state index in [2.05, 4.69) is 0 Å². The van der Waals surface area contributed by atoms with E-state index < -0.39 is 24.2 Å². The molecule has 0 spiro atoms. The smallest absolute Gasteiger partial charge is 0.422 e. The normalized spacial score (nSPS) is 20.7. The lowest BCUT2D eigenvalue weighted by atomic mass is 9.97. The molecular weight excluding hydrogens is 275 g/mol. The van der Waals surface area contributed by atoms with Crippen LogP contribution in [0.4, 0.5) is 9.18 Å². The molecule has 4 nitrogen and oxygen atoms in total. The van der Waals surface area contributed by atoms with Gasteiger partial charge in [-0.25, -0.2) is 9.18 Å². The van der Waals surface area contributed by atoms with Gasteiger partial charge < -0.3 is 9.47 Å². The lowest BCUT2D eigenvalue weighted by molar-refractivity contribution is 0.0716. The van der Waals surface area contributed by atoms with Gasteiger partial charge >= 0.3 is 6.16 Å². The molecule has 0 saturated carbocycles. The van der Waals surface area contributed by atoms with E-state index in [0.29, 0.717) is 11.1 Å². The number of ketones is 1. The quantitative estimate of drug-likeness (QED) is 0.642. The fourth-order valence-electron chi connectivity index (χ4n) is 2.21. The van der Waals surface area contributed by atoms with Gasteiger partial charge in [0.1, 0.15) is 5.82 Å². The van der Waals surface area contributed by atoms with Crippen LogP contribution in [-0.4, -0.2) is 18.0 Å². The Bertz CT molecular complexity index is 666. The number of hydrogen-bond donors (Lipinski definition) is 0. The topological polar surface area (TPSA) is 52.6 Å². The molecular formula is C16H11FO4. The molecule has 1 aliphatic heterocycles. The van der Waals surface area contributed by atoms with Crippen molar-refractivity contribution in [1.82, 2.24) is 0 Å². The summed E-state index contributed by atoms with van der Waals surface area (Å²) in [5, 5.41) is 0. The van der Waals surface area contributed by atoms with Crippen molar-refractivity contribution < 1.29 is 23.5 Å². The van der Waals surface area contributed by atoms with E-state index in [1.807, 2.05) is 0 Å². The van der Waals surface area contributed by atoms with Crippen LogP contribution >= 0.6 is 0 Å². The van der Waals surface area contributed by atoms with E-state index in [-0.39, 0.29) is 5.78 Å². The van der Waals surface area contributed by atoms with Gasteiger partial charge in [0, 0.05) is 5.56 Å². The molecule has 0 bridgehead atoms. The van der Waals surface area contributed by atoms with Crippen LogP contribution in [0.3, 0.4) is 0 Å². The number of Topliss-reactive ketones (excluding diaryl/α,β-unsaturated/α-hetero) is 1. The number of carbonyl (C=O) groups is 2. The minimum absolute atomic E-state index is 0.351. The van der Waals surface area contributed by atoms with Crippen molar-refractivity contribution in [3.8, 4) is 0 Å². The molecule has 1 saturated heterocycles. The first-order valence-electron chi connectivity index (χ1n) is 6.37. The van der Waals surface area contributed by atoms with Gasteiger partial charge in [-0.1, -0.05) is 42.5 Å². The Morgan fingerprint density at radius 1 is 0.952 bits per heavy atom. The van der Waals surface area contributed by atoms with Crippen LogP contribution in [0.15, 0.2) is 54.6 Å². The molecule has 5 heteroatoms. The number of cyclic esters (lactones) is 2. The number of carbonyl (C=O) groups excluding carboxylic acids is 2. The van der Waals surface area contributed by atoms with Crippen molar-refractivity contribution in [3.05, 3.63) is 71.5 Å². The molecule has 1 aliphatic rings. The fourth-order valence-corrected chi connectivity index (χ4v) is 2.21. The lowest BCUT2D eigenvalue weighted by Gasteiger charge is -2.14. The first-order chi connectivity index (χ1) is 10.1. The molecule has 2 aromatic rings. The summed E-state index contributed by atoms with van der Waals surface area (Å²) in [6, 6.07) is 13.9. The molecule has 2 aromatic carbocycles. The molecule has 0 amide bonds. The molecule has 0 aliphatic carbocycles. The zero-order chi connectivity index (χ0) is 14.8. The number of rotatable bonds is 3. The Balaban J connectivity index is 1.91. The summed E-state index contributed by atoms with van der Waals surface area (Å²) in [7, 11) is 0. The summed E-state index contributed by atoms with van der Waals surface area (Å²) in [5.41, 5.74) is 0.935. The zero-order valence-electron chi connectivity index (χ0n) is 10.9. The predicted octanol–water partition coefficient (Wildman–Crippen LogP) is 3.29. The van der Waals surface area contributed by atoms with E-state index in [1.165, 1.54) is 24.3 Å². The second-order valence-corrected chi connectivity index (χ2v) is 4.61. The first kappa shape index (κ1) is 13.3. The third-order valence-electron chi connectivity index (χ3n) is 3.24. The van der Waals surface area contributed by atoms with Crippen molar-refractivity contribution in [2.24, 2.45) is 0 Å². The number of ether oxygens (including phenoxy) is 2. The van der Waals surface area contributed by atoms with E-state index in [0.717, 1.165) is 0 Å². The Labute approximate surface area is 120 Å². The van der Waals surface area contributed by atoms with E-state index in [4.69, 9.17) is 9.47 Å². The average Bonchev–Trinajstić information content (AvgIpc) is 2.90. The second kappa shape index (κ2) is 5.36. The van der Waals surface area contributed by atoms with Gasteiger partial charge in [0.2, 0.25) is 11.9 Å². The molecule has 2 unspecified atom stereocenters.